The zero-order valence-corrected chi connectivity index (χ0v) is 36.5. The van der Waals surface area contributed by atoms with E-state index in [-0.39, 0.29) is 0 Å². The Kier molecular flexibility index (Phi) is 9.31. The van der Waals surface area contributed by atoms with E-state index in [2.05, 4.69) is 143 Å². The highest BCUT2D eigenvalue weighted by atomic mass is 15.2. The second-order valence-corrected chi connectivity index (χ2v) is 16.7. The Hall–Kier alpha value is -9.40. The van der Waals surface area contributed by atoms with Gasteiger partial charge in [-0.1, -0.05) is 194 Å². The van der Waals surface area contributed by atoms with Crippen molar-refractivity contribution in [3.63, 3.8) is 0 Å². The molecule has 0 amide bonds. The smallest absolute Gasteiger partial charge is 0.238 e. The highest BCUT2D eigenvalue weighted by molar-refractivity contribution is 6.19. The summed E-state index contributed by atoms with van der Waals surface area (Å²) in [5.41, 5.74) is 11.8. The van der Waals surface area contributed by atoms with Crippen LogP contribution in [-0.4, -0.2) is 39.0 Å². The summed E-state index contributed by atoms with van der Waals surface area (Å²) >= 11 is 0. The first-order valence-electron chi connectivity index (χ1n) is 22.6. The van der Waals surface area contributed by atoms with Gasteiger partial charge in [0.1, 0.15) is 0 Å². The topological polar surface area (TPSA) is 87.2 Å². The first-order chi connectivity index (χ1) is 33.7. The molecule has 0 radical (unpaired) electrons. The van der Waals surface area contributed by atoms with Crippen LogP contribution >= 0.6 is 0 Å². The minimum atomic E-state index is 0.536. The molecule has 0 N–H and O–H groups in total. The quantitative estimate of drug-likeness (QED) is 0.151. The molecule has 0 aliphatic rings. The van der Waals surface area contributed by atoms with Crippen LogP contribution in [0, 0.1) is 0 Å². The normalized spacial score (nSPS) is 11.5. The van der Waals surface area contributed by atoms with Gasteiger partial charge in [0.25, 0.3) is 0 Å². The maximum absolute atomic E-state index is 5.27. The SMILES string of the molecule is c1ccc(-c2ccc(-c3nc(-c4ccccc4)nc(-c4ccccc4-n4c5ccccc5c5cc6c7ccccc7n(-c7nc(-c8ccccc8)nc(-c8ccccc8)n7)c6cc54)n3)cc2)cc1. The lowest BCUT2D eigenvalue weighted by molar-refractivity contribution is 0.953. The van der Waals surface area contributed by atoms with Crippen LogP contribution in [0.25, 0.3) is 123 Å². The molecular weight excluding hydrogens is 833 g/mol. The molecule has 13 aromatic rings. The minimum Gasteiger partial charge on any atom is -0.308 e. The van der Waals surface area contributed by atoms with Gasteiger partial charge in [0, 0.05) is 49.4 Å². The summed E-state index contributed by atoms with van der Waals surface area (Å²) in [6.07, 6.45) is 0. The Morgan fingerprint density at radius 3 is 1.15 bits per heavy atom. The Morgan fingerprint density at radius 1 is 0.235 bits per heavy atom. The molecule has 8 heteroatoms. The summed E-state index contributed by atoms with van der Waals surface area (Å²) < 4.78 is 4.53. The number of hydrogen-bond acceptors (Lipinski definition) is 6. The maximum Gasteiger partial charge on any atom is 0.238 e. The molecule has 0 saturated heterocycles. The molecule has 0 fully saturated rings. The third-order valence-electron chi connectivity index (χ3n) is 12.7. The first kappa shape index (κ1) is 39.0. The van der Waals surface area contributed by atoms with Crippen molar-refractivity contribution in [2.75, 3.05) is 0 Å². The Labute approximate surface area is 391 Å². The molecule has 68 heavy (non-hydrogen) atoms. The Morgan fingerprint density at radius 2 is 0.603 bits per heavy atom. The molecule has 0 aliphatic heterocycles. The zero-order chi connectivity index (χ0) is 45.0. The third-order valence-corrected chi connectivity index (χ3v) is 12.7. The van der Waals surface area contributed by atoms with E-state index in [1.54, 1.807) is 0 Å². The Bertz CT molecular complexity index is 3940. The van der Waals surface area contributed by atoms with Crippen LogP contribution in [0.5, 0.6) is 0 Å². The summed E-state index contributed by atoms with van der Waals surface area (Å²) in [6.45, 7) is 0. The van der Waals surface area contributed by atoms with Crippen LogP contribution < -0.4 is 0 Å². The second-order valence-electron chi connectivity index (χ2n) is 16.7. The van der Waals surface area contributed by atoms with Crippen molar-refractivity contribution in [2.45, 2.75) is 0 Å². The second kappa shape index (κ2) is 16.2. The fraction of sp³-hybridized carbons (Fsp3) is 0. The van der Waals surface area contributed by atoms with Crippen LogP contribution in [0.2, 0.25) is 0 Å². The van der Waals surface area contributed by atoms with Gasteiger partial charge in [-0.15, -0.1) is 0 Å². The van der Waals surface area contributed by atoms with Crippen LogP contribution in [-0.2, 0) is 0 Å². The van der Waals surface area contributed by atoms with Crippen LogP contribution in [0.3, 0.4) is 0 Å². The van der Waals surface area contributed by atoms with Gasteiger partial charge < -0.3 is 4.57 Å². The van der Waals surface area contributed by atoms with E-state index in [0.29, 0.717) is 35.1 Å². The van der Waals surface area contributed by atoms with Gasteiger partial charge >= 0.3 is 0 Å². The number of para-hydroxylation sites is 3. The number of aromatic nitrogens is 8. The van der Waals surface area contributed by atoms with Gasteiger partial charge in [-0.25, -0.2) is 19.9 Å². The van der Waals surface area contributed by atoms with Crippen molar-refractivity contribution in [3.05, 3.63) is 231 Å². The molecule has 4 heterocycles. The predicted octanol–water partition coefficient (Wildman–Crippen LogP) is 14.3. The highest BCUT2D eigenvalue weighted by Gasteiger charge is 2.23. The molecule has 0 spiro atoms. The fourth-order valence-electron chi connectivity index (χ4n) is 9.45. The molecule has 8 nitrogen and oxygen atoms in total. The van der Waals surface area contributed by atoms with E-state index >= 15 is 0 Å². The minimum absolute atomic E-state index is 0.536. The molecule has 13 rings (SSSR count). The molecule has 0 aliphatic carbocycles. The van der Waals surface area contributed by atoms with Gasteiger partial charge in [-0.3, -0.25) is 4.57 Å². The summed E-state index contributed by atoms with van der Waals surface area (Å²) in [6, 6.07) is 79.3. The molecular formula is C60H38N8. The number of rotatable bonds is 8. The number of nitrogens with zero attached hydrogens (tertiary/aromatic N) is 8. The number of benzene rings is 9. The van der Waals surface area contributed by atoms with Crippen molar-refractivity contribution in [1.29, 1.82) is 0 Å². The van der Waals surface area contributed by atoms with E-state index in [1.165, 1.54) is 0 Å². The van der Waals surface area contributed by atoms with Crippen molar-refractivity contribution in [3.8, 4) is 79.7 Å². The average Bonchev–Trinajstić information content (AvgIpc) is 3.92. The van der Waals surface area contributed by atoms with Gasteiger partial charge in [0.15, 0.2) is 29.1 Å². The lowest BCUT2D eigenvalue weighted by atomic mass is 10.0. The highest BCUT2D eigenvalue weighted by Crippen LogP contribution is 2.41. The first-order valence-corrected chi connectivity index (χ1v) is 22.6. The van der Waals surface area contributed by atoms with E-state index in [9.17, 15) is 0 Å². The average molecular weight is 871 g/mol. The van der Waals surface area contributed by atoms with Crippen molar-refractivity contribution >= 4 is 43.6 Å². The Balaban J connectivity index is 1.05. The van der Waals surface area contributed by atoms with E-state index in [1.807, 2.05) is 97.1 Å². The fourth-order valence-corrected chi connectivity index (χ4v) is 9.45. The number of hydrogen-bond donors (Lipinski definition) is 0. The molecule has 0 unspecified atom stereocenters. The largest absolute Gasteiger partial charge is 0.308 e. The lowest BCUT2D eigenvalue weighted by Gasteiger charge is -2.15. The molecule has 0 bridgehead atoms. The summed E-state index contributed by atoms with van der Waals surface area (Å²) in [7, 11) is 0. The molecule has 4 aromatic heterocycles. The lowest BCUT2D eigenvalue weighted by Crippen LogP contribution is -2.06. The summed E-state index contributed by atoms with van der Waals surface area (Å²) in [5, 5.41) is 4.46. The molecule has 318 valence electrons. The summed E-state index contributed by atoms with van der Waals surface area (Å²) in [5.74, 6) is 3.51. The third kappa shape index (κ3) is 6.70. The maximum atomic E-state index is 5.27. The van der Waals surface area contributed by atoms with Crippen LogP contribution in [0.4, 0.5) is 0 Å². The van der Waals surface area contributed by atoms with Crippen LogP contribution in [0.1, 0.15) is 0 Å². The summed E-state index contributed by atoms with van der Waals surface area (Å²) in [4.78, 5) is 31.1. The predicted molar refractivity (Wildman–Crippen MR) is 275 cm³/mol. The van der Waals surface area contributed by atoms with Gasteiger partial charge in [0.2, 0.25) is 5.95 Å². The van der Waals surface area contributed by atoms with Crippen LogP contribution in [0.15, 0.2) is 231 Å². The van der Waals surface area contributed by atoms with E-state index < -0.39 is 0 Å². The van der Waals surface area contributed by atoms with Gasteiger partial charge in [-0.2, -0.15) is 9.97 Å². The monoisotopic (exact) mass is 870 g/mol. The van der Waals surface area contributed by atoms with Crippen molar-refractivity contribution in [1.82, 2.24) is 39.0 Å². The van der Waals surface area contributed by atoms with Crippen molar-refractivity contribution < 1.29 is 0 Å². The standard InChI is InChI=1S/C60H38N8/c1-5-19-39(20-6-1)40-33-35-44(36-34-40)56-61-55(41-21-7-2-8-22-41)63-59(64-56)47-29-15-18-32-52(47)67-50-30-16-13-27-45(50)48-37-49-46-28-14-17-31-51(46)68(54(49)38-53(48)67)60-65-57(42-23-9-3-10-24-42)62-58(66-60)43-25-11-4-12-26-43/h1-38H. The zero-order valence-electron chi connectivity index (χ0n) is 36.5. The van der Waals surface area contributed by atoms with Gasteiger partial charge in [-0.05, 0) is 47.5 Å². The van der Waals surface area contributed by atoms with Gasteiger partial charge in [0.05, 0.1) is 27.8 Å². The van der Waals surface area contributed by atoms with Crippen molar-refractivity contribution in [2.24, 2.45) is 0 Å². The molecule has 9 aromatic carbocycles. The van der Waals surface area contributed by atoms with E-state index in [0.717, 1.165) is 88.2 Å². The number of fused-ring (bicyclic) bond motifs is 6. The molecule has 0 saturated carbocycles. The van der Waals surface area contributed by atoms with E-state index in [4.69, 9.17) is 29.9 Å². The molecule has 0 atom stereocenters.